The van der Waals surface area contributed by atoms with Gasteiger partial charge in [0.05, 0.1) is 0 Å². The molecule has 4 nitrogen and oxygen atoms in total. The summed E-state index contributed by atoms with van der Waals surface area (Å²) in [5.74, 6) is 0. The van der Waals surface area contributed by atoms with Crippen molar-refractivity contribution in [3.05, 3.63) is 68.6 Å². The molecule has 1 amide bonds. The van der Waals surface area contributed by atoms with E-state index in [1.807, 2.05) is 48.5 Å². The molecule has 0 aliphatic carbocycles. The van der Waals surface area contributed by atoms with Crippen molar-refractivity contribution in [1.82, 2.24) is 10.4 Å². The number of benzene rings is 2. The molecular formula is C17H18Br2N2O2. The number of hydrogen-bond donors (Lipinski definition) is 2. The van der Waals surface area contributed by atoms with Gasteiger partial charge in [-0.3, -0.25) is 0 Å². The fourth-order valence-electron chi connectivity index (χ4n) is 2.12. The summed E-state index contributed by atoms with van der Waals surface area (Å²) >= 11 is 6.79. The summed E-state index contributed by atoms with van der Waals surface area (Å²) in [7, 11) is 0. The molecular weight excluding hydrogens is 424 g/mol. The molecule has 0 radical (unpaired) electrons. The van der Waals surface area contributed by atoms with Gasteiger partial charge in [0.25, 0.3) is 0 Å². The van der Waals surface area contributed by atoms with Crippen molar-refractivity contribution in [3.63, 3.8) is 0 Å². The minimum Gasteiger partial charge on any atom is -0.464 e. The van der Waals surface area contributed by atoms with Crippen molar-refractivity contribution in [2.45, 2.75) is 12.8 Å². The predicted octanol–water partition coefficient (Wildman–Crippen LogP) is 4.48. The van der Waals surface area contributed by atoms with Crippen LogP contribution in [0.5, 0.6) is 0 Å². The minimum atomic E-state index is -0.960. The highest BCUT2D eigenvalue weighted by molar-refractivity contribution is 9.10. The van der Waals surface area contributed by atoms with E-state index in [1.165, 1.54) is 10.6 Å². The number of carbonyl (C=O) groups is 1. The lowest BCUT2D eigenvalue weighted by molar-refractivity contribution is 0.121. The van der Waals surface area contributed by atoms with Crippen molar-refractivity contribution in [1.29, 1.82) is 0 Å². The van der Waals surface area contributed by atoms with Gasteiger partial charge in [-0.05, 0) is 48.2 Å². The average Bonchev–Trinajstić information content (AvgIpc) is 2.53. The number of amides is 1. The Morgan fingerprint density at radius 2 is 1.39 bits per heavy atom. The van der Waals surface area contributed by atoms with E-state index in [-0.39, 0.29) is 0 Å². The van der Waals surface area contributed by atoms with Crippen LogP contribution in [0.1, 0.15) is 11.1 Å². The topological polar surface area (TPSA) is 52.6 Å². The van der Waals surface area contributed by atoms with Crippen LogP contribution in [0.2, 0.25) is 0 Å². The largest absolute Gasteiger partial charge is 0.464 e. The Morgan fingerprint density at radius 3 is 1.87 bits per heavy atom. The van der Waals surface area contributed by atoms with E-state index in [9.17, 15) is 9.90 Å². The Labute approximate surface area is 152 Å². The molecule has 6 heteroatoms. The zero-order valence-corrected chi connectivity index (χ0v) is 15.7. The van der Waals surface area contributed by atoms with Gasteiger partial charge in [0.1, 0.15) is 0 Å². The molecule has 0 spiro atoms. The third-order valence-corrected chi connectivity index (χ3v) is 4.46. The van der Waals surface area contributed by atoms with Gasteiger partial charge in [0, 0.05) is 22.0 Å². The van der Waals surface area contributed by atoms with E-state index in [4.69, 9.17) is 0 Å². The lowest BCUT2D eigenvalue weighted by atomic mass is 10.1. The number of rotatable bonds is 7. The van der Waals surface area contributed by atoms with Crippen LogP contribution >= 0.6 is 31.9 Å². The quantitative estimate of drug-likeness (QED) is 0.622. The molecule has 2 aromatic carbocycles. The normalized spacial score (nSPS) is 10.5. The fraction of sp³-hybridized carbons (Fsp3) is 0.235. The first-order valence-corrected chi connectivity index (χ1v) is 8.86. The molecule has 0 aliphatic heterocycles. The summed E-state index contributed by atoms with van der Waals surface area (Å²) in [6.07, 6.45) is 0.484. The van der Waals surface area contributed by atoms with Crippen molar-refractivity contribution in [2.75, 3.05) is 13.1 Å². The van der Waals surface area contributed by atoms with Crippen LogP contribution in [-0.2, 0) is 12.8 Å². The third kappa shape index (κ3) is 6.33. The SMILES string of the molecule is O=C(O)N(CCc1ccc(Br)cc1)NCCc1ccc(Br)cc1. The zero-order chi connectivity index (χ0) is 16.7. The van der Waals surface area contributed by atoms with Crippen LogP contribution in [0.3, 0.4) is 0 Å². The molecule has 2 rings (SSSR count). The molecule has 122 valence electrons. The van der Waals surface area contributed by atoms with Crippen molar-refractivity contribution >= 4 is 38.0 Å². The summed E-state index contributed by atoms with van der Waals surface area (Å²) in [4.78, 5) is 11.3. The summed E-state index contributed by atoms with van der Waals surface area (Å²) < 4.78 is 2.06. The van der Waals surface area contributed by atoms with Crippen LogP contribution < -0.4 is 5.43 Å². The lowest BCUT2D eigenvalue weighted by Crippen LogP contribution is -2.44. The predicted molar refractivity (Wildman–Crippen MR) is 98.4 cm³/mol. The van der Waals surface area contributed by atoms with E-state index in [0.717, 1.165) is 20.9 Å². The molecule has 0 unspecified atom stereocenters. The molecule has 0 fully saturated rings. The first-order valence-electron chi connectivity index (χ1n) is 7.27. The van der Waals surface area contributed by atoms with Crippen LogP contribution in [0.15, 0.2) is 57.5 Å². The van der Waals surface area contributed by atoms with Crippen molar-refractivity contribution in [3.8, 4) is 0 Å². The lowest BCUT2D eigenvalue weighted by Gasteiger charge is -2.20. The fourth-order valence-corrected chi connectivity index (χ4v) is 2.65. The van der Waals surface area contributed by atoms with Gasteiger partial charge in [-0.2, -0.15) is 0 Å². The van der Waals surface area contributed by atoms with Crippen molar-refractivity contribution < 1.29 is 9.90 Å². The number of halogens is 2. The third-order valence-electron chi connectivity index (χ3n) is 3.40. The minimum absolute atomic E-state index is 0.414. The Bertz CT molecular complexity index is 630. The molecule has 0 aliphatic rings. The highest BCUT2D eigenvalue weighted by Gasteiger charge is 2.10. The summed E-state index contributed by atoms with van der Waals surface area (Å²) in [5, 5.41) is 10.5. The monoisotopic (exact) mass is 440 g/mol. The van der Waals surface area contributed by atoms with E-state index < -0.39 is 6.09 Å². The highest BCUT2D eigenvalue weighted by Crippen LogP contribution is 2.12. The number of carboxylic acid groups (broad SMARTS) is 1. The molecule has 0 saturated heterocycles. The second kappa shape index (κ2) is 9.05. The Balaban J connectivity index is 1.80. The van der Waals surface area contributed by atoms with E-state index >= 15 is 0 Å². The molecule has 23 heavy (non-hydrogen) atoms. The van der Waals surface area contributed by atoms with Crippen molar-refractivity contribution in [2.24, 2.45) is 0 Å². The van der Waals surface area contributed by atoms with E-state index in [1.54, 1.807) is 0 Å². The Morgan fingerprint density at radius 1 is 0.913 bits per heavy atom. The average molecular weight is 442 g/mol. The Kier molecular flexibility index (Phi) is 7.08. The molecule has 0 atom stereocenters. The van der Waals surface area contributed by atoms with Crippen LogP contribution in [-0.4, -0.2) is 29.3 Å². The molecule has 2 aromatic rings. The van der Waals surface area contributed by atoms with Gasteiger partial charge in [0.15, 0.2) is 0 Å². The first-order chi connectivity index (χ1) is 11.0. The maximum atomic E-state index is 11.3. The molecule has 0 aromatic heterocycles. The van der Waals surface area contributed by atoms with Gasteiger partial charge in [-0.1, -0.05) is 56.1 Å². The summed E-state index contributed by atoms with van der Waals surface area (Å²) in [6, 6.07) is 15.9. The first kappa shape index (κ1) is 18.0. The van der Waals surface area contributed by atoms with Crippen LogP contribution in [0.25, 0.3) is 0 Å². The number of hydrogen-bond acceptors (Lipinski definition) is 2. The van der Waals surface area contributed by atoms with Crippen LogP contribution in [0, 0.1) is 0 Å². The maximum Gasteiger partial charge on any atom is 0.421 e. The van der Waals surface area contributed by atoms with Gasteiger partial charge in [-0.15, -0.1) is 0 Å². The number of hydrazine groups is 1. The standard InChI is InChI=1S/C17H18Br2N2O2/c18-15-5-1-13(2-6-15)9-11-20-21(17(22)23)12-10-14-3-7-16(19)8-4-14/h1-8,20H,9-12H2,(H,22,23). The molecule has 0 bridgehead atoms. The highest BCUT2D eigenvalue weighted by atomic mass is 79.9. The Hall–Kier alpha value is -1.37. The molecule has 0 saturated carbocycles. The maximum absolute atomic E-state index is 11.3. The second-order valence-corrected chi connectivity index (χ2v) is 6.93. The second-order valence-electron chi connectivity index (χ2n) is 5.10. The summed E-state index contributed by atoms with van der Waals surface area (Å²) in [6.45, 7) is 0.992. The van der Waals surface area contributed by atoms with E-state index in [0.29, 0.717) is 19.5 Å². The van der Waals surface area contributed by atoms with Gasteiger partial charge in [0.2, 0.25) is 0 Å². The number of nitrogens with one attached hydrogen (secondary N) is 1. The molecule has 0 heterocycles. The van der Waals surface area contributed by atoms with Gasteiger partial charge in [-0.25, -0.2) is 15.2 Å². The summed E-state index contributed by atoms with van der Waals surface area (Å²) in [5.41, 5.74) is 5.25. The smallest absolute Gasteiger partial charge is 0.421 e. The molecule has 2 N–H and O–H groups in total. The number of nitrogens with zero attached hydrogens (tertiary/aromatic N) is 1. The van der Waals surface area contributed by atoms with Gasteiger partial charge < -0.3 is 5.11 Å². The zero-order valence-electron chi connectivity index (χ0n) is 12.5. The van der Waals surface area contributed by atoms with Gasteiger partial charge >= 0.3 is 6.09 Å². The van der Waals surface area contributed by atoms with E-state index in [2.05, 4.69) is 37.3 Å². The van der Waals surface area contributed by atoms with Crippen LogP contribution in [0.4, 0.5) is 4.79 Å².